The van der Waals surface area contributed by atoms with Crippen molar-refractivity contribution in [1.29, 1.82) is 0 Å². The van der Waals surface area contributed by atoms with Gasteiger partial charge in [0.1, 0.15) is 5.41 Å². The van der Waals surface area contributed by atoms with E-state index >= 15 is 0 Å². The summed E-state index contributed by atoms with van der Waals surface area (Å²) < 4.78 is 0. The van der Waals surface area contributed by atoms with E-state index in [9.17, 15) is 15.0 Å². The van der Waals surface area contributed by atoms with Gasteiger partial charge in [-0.25, -0.2) is 0 Å². The SMILES string of the molecule is O=C(O)C1(c2ccccn2)CCC(O)CC1. The monoisotopic (exact) mass is 221 g/mol. The Bertz CT molecular complexity index is 369. The van der Waals surface area contributed by atoms with Crippen molar-refractivity contribution in [3.63, 3.8) is 0 Å². The first-order chi connectivity index (χ1) is 7.65. The smallest absolute Gasteiger partial charge is 0.315 e. The Morgan fingerprint density at radius 2 is 2.06 bits per heavy atom. The molecule has 0 aliphatic heterocycles. The van der Waals surface area contributed by atoms with Gasteiger partial charge in [-0.05, 0) is 37.8 Å². The Kier molecular flexibility index (Phi) is 2.92. The molecule has 0 bridgehead atoms. The first-order valence-corrected chi connectivity index (χ1v) is 5.48. The lowest BCUT2D eigenvalue weighted by Crippen LogP contribution is -2.41. The fourth-order valence-corrected chi connectivity index (χ4v) is 2.32. The highest BCUT2D eigenvalue weighted by Crippen LogP contribution is 2.38. The van der Waals surface area contributed by atoms with Gasteiger partial charge in [0, 0.05) is 6.20 Å². The molecule has 4 heteroatoms. The topological polar surface area (TPSA) is 70.4 Å². The zero-order chi connectivity index (χ0) is 11.6. The van der Waals surface area contributed by atoms with E-state index < -0.39 is 11.4 Å². The molecule has 1 fully saturated rings. The van der Waals surface area contributed by atoms with Crippen LogP contribution in [0, 0.1) is 0 Å². The standard InChI is InChI=1S/C12H15NO3/c14-9-4-6-12(7-5-9,11(15)16)10-3-1-2-8-13-10/h1-3,8-9,14H,4-7H2,(H,15,16). The third-order valence-electron chi connectivity index (χ3n) is 3.37. The highest BCUT2D eigenvalue weighted by molar-refractivity contribution is 5.80. The van der Waals surface area contributed by atoms with E-state index in [1.165, 1.54) is 0 Å². The fourth-order valence-electron chi connectivity index (χ4n) is 2.32. The summed E-state index contributed by atoms with van der Waals surface area (Å²) in [5, 5.41) is 18.9. The van der Waals surface area contributed by atoms with Crippen molar-refractivity contribution >= 4 is 5.97 Å². The van der Waals surface area contributed by atoms with Gasteiger partial charge in [-0.2, -0.15) is 0 Å². The molecule has 1 aliphatic rings. The minimum absolute atomic E-state index is 0.365. The van der Waals surface area contributed by atoms with E-state index in [0.29, 0.717) is 31.4 Å². The molecule has 1 heterocycles. The van der Waals surface area contributed by atoms with Gasteiger partial charge in [0.25, 0.3) is 0 Å². The molecule has 0 spiro atoms. The second kappa shape index (κ2) is 4.22. The quantitative estimate of drug-likeness (QED) is 0.790. The number of aliphatic hydroxyl groups excluding tert-OH is 1. The van der Waals surface area contributed by atoms with Crippen LogP contribution in [-0.4, -0.2) is 27.3 Å². The second-order valence-electron chi connectivity index (χ2n) is 4.33. The lowest BCUT2D eigenvalue weighted by atomic mass is 9.71. The molecule has 2 N–H and O–H groups in total. The second-order valence-corrected chi connectivity index (χ2v) is 4.33. The molecule has 16 heavy (non-hydrogen) atoms. The molecule has 0 aromatic carbocycles. The van der Waals surface area contributed by atoms with E-state index in [1.54, 1.807) is 24.4 Å². The van der Waals surface area contributed by atoms with Gasteiger partial charge in [0.15, 0.2) is 0 Å². The molecule has 1 aromatic heterocycles. The minimum Gasteiger partial charge on any atom is -0.481 e. The molecule has 2 rings (SSSR count). The first kappa shape index (κ1) is 11.1. The van der Waals surface area contributed by atoms with Gasteiger partial charge >= 0.3 is 5.97 Å². The predicted molar refractivity (Wildman–Crippen MR) is 58.0 cm³/mol. The van der Waals surface area contributed by atoms with Gasteiger partial charge in [-0.1, -0.05) is 6.07 Å². The third kappa shape index (κ3) is 1.80. The Morgan fingerprint density at radius 3 is 2.56 bits per heavy atom. The van der Waals surface area contributed by atoms with Crippen LogP contribution >= 0.6 is 0 Å². The lowest BCUT2D eigenvalue weighted by Gasteiger charge is -2.34. The molecule has 1 aliphatic carbocycles. The average molecular weight is 221 g/mol. The van der Waals surface area contributed by atoms with Crippen molar-refractivity contribution in [2.45, 2.75) is 37.2 Å². The Labute approximate surface area is 93.9 Å². The maximum Gasteiger partial charge on any atom is 0.315 e. The number of aromatic nitrogens is 1. The van der Waals surface area contributed by atoms with Crippen LogP contribution in [-0.2, 0) is 10.2 Å². The van der Waals surface area contributed by atoms with Crippen molar-refractivity contribution in [3.8, 4) is 0 Å². The molecule has 0 saturated heterocycles. The summed E-state index contributed by atoms with van der Waals surface area (Å²) in [6, 6.07) is 5.33. The van der Waals surface area contributed by atoms with Crippen LogP contribution in [0.4, 0.5) is 0 Å². The van der Waals surface area contributed by atoms with Crippen molar-refractivity contribution < 1.29 is 15.0 Å². The van der Waals surface area contributed by atoms with Crippen LogP contribution < -0.4 is 0 Å². The van der Waals surface area contributed by atoms with Gasteiger partial charge in [0.2, 0.25) is 0 Å². The summed E-state index contributed by atoms with van der Waals surface area (Å²) in [7, 11) is 0. The van der Waals surface area contributed by atoms with Gasteiger partial charge in [-0.15, -0.1) is 0 Å². The van der Waals surface area contributed by atoms with Crippen molar-refractivity contribution in [2.24, 2.45) is 0 Å². The highest BCUT2D eigenvalue weighted by Gasteiger charge is 2.44. The maximum absolute atomic E-state index is 11.5. The number of carbonyl (C=O) groups is 1. The summed E-state index contributed by atoms with van der Waals surface area (Å²) in [4.78, 5) is 15.6. The Balaban J connectivity index is 2.34. The molecular weight excluding hydrogens is 206 g/mol. The van der Waals surface area contributed by atoms with Crippen molar-refractivity contribution in [3.05, 3.63) is 30.1 Å². The number of pyridine rings is 1. The van der Waals surface area contributed by atoms with E-state index in [0.717, 1.165) is 0 Å². The molecular formula is C12H15NO3. The predicted octanol–water partition coefficient (Wildman–Crippen LogP) is 1.34. The highest BCUT2D eigenvalue weighted by atomic mass is 16.4. The zero-order valence-corrected chi connectivity index (χ0v) is 8.97. The Morgan fingerprint density at radius 1 is 1.38 bits per heavy atom. The van der Waals surface area contributed by atoms with Crippen LogP contribution in [0.2, 0.25) is 0 Å². The van der Waals surface area contributed by atoms with E-state index in [4.69, 9.17) is 0 Å². The van der Waals surface area contributed by atoms with Crippen LogP contribution in [0.15, 0.2) is 24.4 Å². The van der Waals surface area contributed by atoms with Crippen LogP contribution in [0.1, 0.15) is 31.4 Å². The number of carboxylic acids is 1. The number of hydrogen-bond donors (Lipinski definition) is 2. The molecule has 0 unspecified atom stereocenters. The van der Waals surface area contributed by atoms with Crippen LogP contribution in [0.3, 0.4) is 0 Å². The van der Waals surface area contributed by atoms with Gasteiger partial charge < -0.3 is 10.2 Å². The number of rotatable bonds is 2. The molecule has 0 amide bonds. The summed E-state index contributed by atoms with van der Waals surface area (Å²) >= 11 is 0. The number of aliphatic carboxylic acids is 1. The number of hydrogen-bond acceptors (Lipinski definition) is 3. The number of aliphatic hydroxyl groups is 1. The van der Waals surface area contributed by atoms with Crippen molar-refractivity contribution in [1.82, 2.24) is 4.98 Å². The molecule has 0 atom stereocenters. The lowest BCUT2D eigenvalue weighted by molar-refractivity contribution is -0.146. The largest absolute Gasteiger partial charge is 0.481 e. The normalized spacial score (nSPS) is 29.9. The molecule has 1 aromatic rings. The number of carboxylic acid groups (broad SMARTS) is 1. The van der Waals surface area contributed by atoms with Crippen LogP contribution in [0.5, 0.6) is 0 Å². The maximum atomic E-state index is 11.5. The Hall–Kier alpha value is -1.42. The summed E-state index contributed by atoms with van der Waals surface area (Å²) in [5.41, 5.74) is -0.296. The number of nitrogens with zero attached hydrogens (tertiary/aromatic N) is 1. The van der Waals surface area contributed by atoms with Crippen molar-refractivity contribution in [2.75, 3.05) is 0 Å². The third-order valence-corrected chi connectivity index (χ3v) is 3.37. The summed E-state index contributed by atoms with van der Waals surface area (Å²) in [5.74, 6) is -0.835. The van der Waals surface area contributed by atoms with Gasteiger partial charge in [0.05, 0.1) is 11.8 Å². The van der Waals surface area contributed by atoms with E-state index in [2.05, 4.69) is 4.98 Å². The molecule has 4 nitrogen and oxygen atoms in total. The van der Waals surface area contributed by atoms with E-state index in [-0.39, 0.29) is 6.10 Å². The molecule has 86 valence electrons. The first-order valence-electron chi connectivity index (χ1n) is 5.48. The molecule has 1 saturated carbocycles. The summed E-state index contributed by atoms with van der Waals surface area (Å²) in [6.45, 7) is 0. The zero-order valence-electron chi connectivity index (χ0n) is 8.97. The van der Waals surface area contributed by atoms with E-state index in [1.807, 2.05) is 0 Å². The summed E-state index contributed by atoms with van der Waals surface area (Å²) in [6.07, 6.45) is 3.23. The molecule has 0 radical (unpaired) electrons. The fraction of sp³-hybridized carbons (Fsp3) is 0.500. The van der Waals surface area contributed by atoms with Gasteiger partial charge in [-0.3, -0.25) is 9.78 Å². The average Bonchev–Trinajstić information content (AvgIpc) is 2.31. The van der Waals surface area contributed by atoms with Crippen LogP contribution in [0.25, 0.3) is 0 Å². The minimum atomic E-state index is -0.902.